The van der Waals surface area contributed by atoms with E-state index in [4.69, 9.17) is 0 Å². The van der Waals surface area contributed by atoms with Crippen molar-refractivity contribution in [2.45, 2.75) is 25.9 Å². The van der Waals surface area contributed by atoms with Crippen molar-refractivity contribution in [2.75, 3.05) is 0 Å². The smallest absolute Gasteiger partial charge is 0.127 e. The molecule has 1 nitrogen and oxygen atoms in total. The SMILES string of the molecule is CC(NC(C)c1ccc(Br)cc1Br)c1ccccc1F. The first-order valence-electron chi connectivity index (χ1n) is 6.44. The highest BCUT2D eigenvalue weighted by Crippen LogP contribution is 2.28. The minimum absolute atomic E-state index is 0.0539. The molecule has 20 heavy (non-hydrogen) atoms. The Morgan fingerprint density at radius 2 is 1.60 bits per heavy atom. The van der Waals surface area contributed by atoms with Crippen LogP contribution < -0.4 is 5.32 Å². The third-order valence-corrected chi connectivity index (χ3v) is 4.48. The van der Waals surface area contributed by atoms with Crippen LogP contribution in [0.15, 0.2) is 51.4 Å². The fraction of sp³-hybridized carbons (Fsp3) is 0.250. The zero-order chi connectivity index (χ0) is 14.7. The molecule has 0 saturated heterocycles. The maximum Gasteiger partial charge on any atom is 0.127 e. The second-order valence-corrected chi connectivity index (χ2v) is 6.57. The van der Waals surface area contributed by atoms with E-state index in [9.17, 15) is 4.39 Å². The highest BCUT2D eigenvalue weighted by atomic mass is 79.9. The van der Waals surface area contributed by atoms with Gasteiger partial charge in [0, 0.05) is 26.6 Å². The molecule has 1 N–H and O–H groups in total. The summed E-state index contributed by atoms with van der Waals surface area (Å²) in [6, 6.07) is 13.0. The maximum absolute atomic E-state index is 13.8. The molecule has 0 bridgehead atoms. The summed E-state index contributed by atoms with van der Waals surface area (Å²) in [4.78, 5) is 0. The number of benzene rings is 2. The van der Waals surface area contributed by atoms with Crippen LogP contribution in [-0.2, 0) is 0 Å². The number of hydrogen-bond acceptors (Lipinski definition) is 1. The molecule has 2 unspecified atom stereocenters. The van der Waals surface area contributed by atoms with Crippen LogP contribution in [0, 0.1) is 5.82 Å². The van der Waals surface area contributed by atoms with E-state index in [2.05, 4.69) is 50.2 Å². The highest BCUT2D eigenvalue weighted by molar-refractivity contribution is 9.11. The first-order chi connectivity index (χ1) is 9.49. The fourth-order valence-corrected chi connectivity index (χ4v) is 3.62. The molecule has 2 aromatic rings. The molecule has 0 radical (unpaired) electrons. The van der Waals surface area contributed by atoms with Gasteiger partial charge in [-0.05, 0) is 37.6 Å². The van der Waals surface area contributed by atoms with Gasteiger partial charge in [-0.2, -0.15) is 0 Å². The molecule has 0 aliphatic carbocycles. The molecule has 0 aromatic heterocycles. The van der Waals surface area contributed by atoms with Crippen LogP contribution in [0.1, 0.15) is 37.1 Å². The summed E-state index contributed by atoms with van der Waals surface area (Å²) in [6.45, 7) is 4.05. The lowest BCUT2D eigenvalue weighted by Crippen LogP contribution is -2.23. The van der Waals surface area contributed by atoms with Crippen molar-refractivity contribution in [3.8, 4) is 0 Å². The van der Waals surface area contributed by atoms with Gasteiger partial charge in [0.05, 0.1) is 0 Å². The molecule has 0 aliphatic heterocycles. The van der Waals surface area contributed by atoms with Crippen LogP contribution in [0.4, 0.5) is 4.39 Å². The van der Waals surface area contributed by atoms with Crippen molar-refractivity contribution in [1.29, 1.82) is 0 Å². The standard InChI is InChI=1S/C16H16Br2FN/c1-10(13-8-7-12(17)9-15(13)18)20-11(2)14-5-3-4-6-16(14)19/h3-11,20H,1-2H3. The molecule has 0 amide bonds. The topological polar surface area (TPSA) is 12.0 Å². The van der Waals surface area contributed by atoms with Gasteiger partial charge in [-0.1, -0.05) is 56.1 Å². The zero-order valence-electron chi connectivity index (χ0n) is 11.3. The van der Waals surface area contributed by atoms with Gasteiger partial charge in [0.2, 0.25) is 0 Å². The van der Waals surface area contributed by atoms with Gasteiger partial charge in [0.15, 0.2) is 0 Å². The summed E-state index contributed by atoms with van der Waals surface area (Å²) in [7, 11) is 0. The van der Waals surface area contributed by atoms with Gasteiger partial charge in [-0.3, -0.25) is 0 Å². The summed E-state index contributed by atoms with van der Waals surface area (Å²) in [5.74, 6) is -0.172. The average molecular weight is 401 g/mol. The Balaban J connectivity index is 2.15. The number of rotatable bonds is 4. The van der Waals surface area contributed by atoms with Crippen LogP contribution in [-0.4, -0.2) is 0 Å². The van der Waals surface area contributed by atoms with Gasteiger partial charge in [-0.15, -0.1) is 0 Å². The van der Waals surface area contributed by atoms with Crippen molar-refractivity contribution < 1.29 is 4.39 Å². The molecule has 106 valence electrons. The quantitative estimate of drug-likeness (QED) is 0.687. The number of halogens is 3. The monoisotopic (exact) mass is 399 g/mol. The van der Waals surface area contributed by atoms with Gasteiger partial charge >= 0.3 is 0 Å². The molecule has 0 aliphatic rings. The second kappa shape index (κ2) is 6.83. The van der Waals surface area contributed by atoms with E-state index in [1.807, 2.05) is 31.2 Å². The molecule has 0 heterocycles. The molecular formula is C16H16Br2FN. The van der Waals surface area contributed by atoms with Gasteiger partial charge in [-0.25, -0.2) is 4.39 Å². The average Bonchev–Trinajstić information content (AvgIpc) is 2.38. The molecular weight excluding hydrogens is 385 g/mol. The second-order valence-electron chi connectivity index (χ2n) is 4.80. The molecule has 0 spiro atoms. The van der Waals surface area contributed by atoms with Crippen molar-refractivity contribution in [3.05, 3.63) is 68.4 Å². The van der Waals surface area contributed by atoms with Gasteiger partial charge < -0.3 is 5.32 Å². The molecule has 4 heteroatoms. The van der Waals surface area contributed by atoms with Crippen LogP contribution in [0.5, 0.6) is 0 Å². The third kappa shape index (κ3) is 3.68. The highest BCUT2D eigenvalue weighted by Gasteiger charge is 2.15. The molecule has 0 fully saturated rings. The van der Waals surface area contributed by atoms with E-state index < -0.39 is 0 Å². The lowest BCUT2D eigenvalue weighted by Gasteiger charge is -2.22. The molecule has 2 atom stereocenters. The van der Waals surface area contributed by atoms with E-state index in [1.165, 1.54) is 6.07 Å². The van der Waals surface area contributed by atoms with Gasteiger partial charge in [0.1, 0.15) is 5.82 Å². The summed E-state index contributed by atoms with van der Waals surface area (Å²) >= 11 is 7.01. The number of hydrogen-bond donors (Lipinski definition) is 1. The minimum atomic E-state index is -0.172. The van der Waals surface area contributed by atoms with Gasteiger partial charge in [0.25, 0.3) is 0 Å². The Bertz CT molecular complexity index is 601. The van der Waals surface area contributed by atoms with Crippen LogP contribution in [0.2, 0.25) is 0 Å². The first-order valence-corrected chi connectivity index (χ1v) is 8.03. The summed E-state index contributed by atoms with van der Waals surface area (Å²) in [5.41, 5.74) is 1.84. The Morgan fingerprint density at radius 3 is 2.25 bits per heavy atom. The van der Waals surface area contributed by atoms with E-state index in [0.29, 0.717) is 5.56 Å². The van der Waals surface area contributed by atoms with Crippen LogP contribution in [0.3, 0.4) is 0 Å². The Hall–Kier alpha value is -0.710. The predicted octanol–water partition coefficient (Wildman–Crippen LogP) is 5.76. The van der Waals surface area contributed by atoms with Crippen LogP contribution >= 0.6 is 31.9 Å². The molecule has 0 saturated carbocycles. The Labute approximate surface area is 135 Å². The molecule has 2 rings (SSSR count). The Morgan fingerprint density at radius 1 is 0.950 bits per heavy atom. The zero-order valence-corrected chi connectivity index (χ0v) is 14.5. The van der Waals surface area contributed by atoms with Crippen molar-refractivity contribution in [3.63, 3.8) is 0 Å². The van der Waals surface area contributed by atoms with Crippen molar-refractivity contribution >= 4 is 31.9 Å². The van der Waals surface area contributed by atoms with Crippen LogP contribution in [0.25, 0.3) is 0 Å². The van der Waals surface area contributed by atoms with Crippen molar-refractivity contribution in [2.24, 2.45) is 0 Å². The van der Waals surface area contributed by atoms with Crippen molar-refractivity contribution in [1.82, 2.24) is 5.32 Å². The first kappa shape index (κ1) is 15.7. The largest absolute Gasteiger partial charge is 0.304 e. The fourth-order valence-electron chi connectivity index (χ4n) is 2.23. The van der Waals surface area contributed by atoms with E-state index in [0.717, 1.165) is 14.5 Å². The van der Waals surface area contributed by atoms with E-state index in [1.54, 1.807) is 6.07 Å². The number of nitrogens with one attached hydrogen (secondary N) is 1. The Kier molecular flexibility index (Phi) is 5.35. The normalized spacial score (nSPS) is 14.1. The lowest BCUT2D eigenvalue weighted by molar-refractivity contribution is 0.473. The minimum Gasteiger partial charge on any atom is -0.304 e. The third-order valence-electron chi connectivity index (χ3n) is 3.30. The predicted molar refractivity (Wildman–Crippen MR) is 88.2 cm³/mol. The van der Waals surface area contributed by atoms with E-state index >= 15 is 0 Å². The lowest BCUT2D eigenvalue weighted by atomic mass is 10.0. The maximum atomic E-state index is 13.8. The van der Waals surface area contributed by atoms with E-state index in [-0.39, 0.29) is 17.9 Å². The summed E-state index contributed by atoms with van der Waals surface area (Å²) < 4.78 is 15.8. The molecule has 2 aromatic carbocycles. The summed E-state index contributed by atoms with van der Waals surface area (Å²) in [5, 5.41) is 3.43. The summed E-state index contributed by atoms with van der Waals surface area (Å²) in [6.07, 6.45) is 0.